The van der Waals surface area contributed by atoms with E-state index >= 15 is 0 Å². The number of rotatable bonds is 5. The highest BCUT2D eigenvalue weighted by Gasteiger charge is 2.17. The number of aromatic nitrogens is 1. The molecule has 0 aliphatic rings. The number of hydrogen-bond donors (Lipinski definition) is 1. The predicted molar refractivity (Wildman–Crippen MR) is 70.0 cm³/mol. The van der Waals surface area contributed by atoms with Gasteiger partial charge < -0.3 is 14.5 Å². The molecule has 0 radical (unpaired) electrons. The molecular formula is C13H15ClN2O2. The van der Waals surface area contributed by atoms with Crippen LogP contribution in [0.25, 0.3) is 0 Å². The van der Waals surface area contributed by atoms with Crippen molar-refractivity contribution in [3.05, 3.63) is 47.1 Å². The molecule has 96 valence electrons. The summed E-state index contributed by atoms with van der Waals surface area (Å²) in [6.45, 7) is 2.84. The zero-order valence-corrected chi connectivity index (χ0v) is 11.1. The van der Waals surface area contributed by atoms with Gasteiger partial charge in [0, 0.05) is 6.20 Å². The van der Waals surface area contributed by atoms with Crippen molar-refractivity contribution < 1.29 is 9.15 Å². The van der Waals surface area contributed by atoms with Crippen LogP contribution in [0.3, 0.4) is 0 Å². The van der Waals surface area contributed by atoms with Gasteiger partial charge in [0.25, 0.3) is 0 Å². The van der Waals surface area contributed by atoms with Crippen LogP contribution in [0.1, 0.15) is 24.3 Å². The van der Waals surface area contributed by atoms with Crippen molar-refractivity contribution in [3.8, 4) is 5.75 Å². The van der Waals surface area contributed by atoms with Crippen molar-refractivity contribution in [1.82, 2.24) is 10.3 Å². The van der Waals surface area contributed by atoms with Crippen LogP contribution < -0.4 is 10.1 Å². The fourth-order valence-electron chi connectivity index (χ4n) is 1.78. The molecule has 2 aromatic rings. The summed E-state index contributed by atoms with van der Waals surface area (Å²) in [6.07, 6.45) is 3.45. The number of furan rings is 1. The molecule has 5 heteroatoms. The lowest BCUT2D eigenvalue weighted by atomic mass is 10.1. The fraction of sp³-hybridized carbons (Fsp3) is 0.308. The average Bonchev–Trinajstić information content (AvgIpc) is 2.82. The Hall–Kier alpha value is -1.52. The van der Waals surface area contributed by atoms with Gasteiger partial charge in [-0.05, 0) is 41.9 Å². The summed E-state index contributed by atoms with van der Waals surface area (Å²) in [5.41, 5.74) is 0.974. The van der Waals surface area contributed by atoms with Crippen molar-refractivity contribution in [2.75, 3.05) is 13.7 Å². The highest BCUT2D eigenvalue weighted by molar-refractivity contribution is 6.28. The van der Waals surface area contributed by atoms with E-state index in [-0.39, 0.29) is 6.04 Å². The van der Waals surface area contributed by atoms with Crippen LogP contribution >= 0.6 is 11.6 Å². The maximum absolute atomic E-state index is 5.82. The first-order valence-corrected chi connectivity index (χ1v) is 6.10. The highest BCUT2D eigenvalue weighted by atomic mass is 35.5. The summed E-state index contributed by atoms with van der Waals surface area (Å²) < 4.78 is 10.6. The van der Waals surface area contributed by atoms with Crippen molar-refractivity contribution in [2.24, 2.45) is 0 Å². The number of pyridine rings is 1. The van der Waals surface area contributed by atoms with E-state index in [1.165, 1.54) is 0 Å². The van der Waals surface area contributed by atoms with Gasteiger partial charge in [0.1, 0.15) is 11.5 Å². The molecule has 0 fully saturated rings. The lowest BCUT2D eigenvalue weighted by Gasteiger charge is -2.16. The van der Waals surface area contributed by atoms with Crippen LogP contribution in [0, 0.1) is 0 Å². The van der Waals surface area contributed by atoms with Crippen molar-refractivity contribution in [2.45, 2.75) is 13.0 Å². The van der Waals surface area contributed by atoms with Crippen LogP contribution in [0.4, 0.5) is 0 Å². The third-order valence-corrected chi connectivity index (χ3v) is 2.79. The topological polar surface area (TPSA) is 47.3 Å². The summed E-state index contributed by atoms with van der Waals surface area (Å²) in [7, 11) is 1.62. The second kappa shape index (κ2) is 5.89. The van der Waals surface area contributed by atoms with Crippen LogP contribution in [-0.4, -0.2) is 18.6 Å². The summed E-state index contributed by atoms with van der Waals surface area (Å²) in [4.78, 5) is 4.15. The van der Waals surface area contributed by atoms with Gasteiger partial charge in [0.05, 0.1) is 19.3 Å². The Bertz CT molecular complexity index is 513. The molecule has 2 aromatic heterocycles. The second-order valence-corrected chi connectivity index (χ2v) is 4.16. The molecular weight excluding hydrogens is 252 g/mol. The van der Waals surface area contributed by atoms with Gasteiger partial charge in [-0.3, -0.25) is 4.98 Å². The van der Waals surface area contributed by atoms with Crippen molar-refractivity contribution in [3.63, 3.8) is 0 Å². The maximum Gasteiger partial charge on any atom is 0.193 e. The van der Waals surface area contributed by atoms with Gasteiger partial charge >= 0.3 is 0 Å². The number of nitrogens with one attached hydrogen (secondary N) is 1. The predicted octanol–water partition coefficient (Wildman–Crippen LogP) is 3.04. The van der Waals surface area contributed by atoms with Gasteiger partial charge in [-0.1, -0.05) is 6.92 Å². The van der Waals surface area contributed by atoms with Crippen molar-refractivity contribution in [1.29, 1.82) is 0 Å². The standard InChI is InChI=1S/C13H15ClN2O2/c1-3-16-13(11-4-5-12(14)18-11)9-6-10(17-2)8-15-7-9/h4-8,13,16H,3H2,1-2H3. The molecule has 0 spiro atoms. The van der Waals surface area contributed by atoms with Crippen LogP contribution in [0.2, 0.25) is 5.22 Å². The molecule has 4 nitrogen and oxygen atoms in total. The molecule has 2 heterocycles. The Kier molecular flexibility index (Phi) is 4.23. The van der Waals surface area contributed by atoms with Gasteiger partial charge in [-0.15, -0.1) is 0 Å². The van der Waals surface area contributed by atoms with Gasteiger partial charge in [0.2, 0.25) is 0 Å². The Morgan fingerprint density at radius 1 is 1.44 bits per heavy atom. The second-order valence-electron chi connectivity index (χ2n) is 3.79. The summed E-state index contributed by atoms with van der Waals surface area (Å²) in [6, 6.07) is 5.44. The molecule has 1 unspecified atom stereocenters. The first-order valence-electron chi connectivity index (χ1n) is 5.72. The molecule has 0 aliphatic carbocycles. The lowest BCUT2D eigenvalue weighted by Crippen LogP contribution is -2.21. The minimum absolute atomic E-state index is 0.0786. The largest absolute Gasteiger partial charge is 0.495 e. The number of methoxy groups -OCH3 is 1. The van der Waals surface area contributed by atoms with E-state index in [1.54, 1.807) is 25.6 Å². The maximum atomic E-state index is 5.82. The molecule has 1 N–H and O–H groups in total. The van der Waals surface area contributed by atoms with E-state index in [4.69, 9.17) is 20.8 Å². The quantitative estimate of drug-likeness (QED) is 0.904. The molecule has 0 aliphatic heterocycles. The van der Waals surface area contributed by atoms with Gasteiger partial charge in [0.15, 0.2) is 5.22 Å². The van der Waals surface area contributed by atoms with E-state index in [0.717, 1.165) is 17.9 Å². The molecule has 0 saturated carbocycles. The van der Waals surface area contributed by atoms with Crippen molar-refractivity contribution >= 4 is 11.6 Å². The van der Waals surface area contributed by atoms with E-state index in [2.05, 4.69) is 10.3 Å². The number of ether oxygens (including phenoxy) is 1. The summed E-state index contributed by atoms with van der Waals surface area (Å²) in [5, 5.41) is 3.71. The molecule has 1 atom stereocenters. The third-order valence-electron chi connectivity index (χ3n) is 2.59. The molecule has 0 saturated heterocycles. The van der Waals surface area contributed by atoms with Gasteiger partial charge in [-0.25, -0.2) is 0 Å². The smallest absolute Gasteiger partial charge is 0.193 e. The molecule has 2 rings (SSSR count). The Balaban J connectivity index is 2.34. The fourth-order valence-corrected chi connectivity index (χ4v) is 1.93. The number of halogens is 1. The Morgan fingerprint density at radius 2 is 2.28 bits per heavy atom. The zero-order valence-electron chi connectivity index (χ0n) is 10.3. The SMILES string of the molecule is CCNC(c1cncc(OC)c1)c1ccc(Cl)o1. The van der Waals surface area contributed by atoms with Gasteiger partial charge in [-0.2, -0.15) is 0 Å². The first-order chi connectivity index (χ1) is 8.74. The minimum atomic E-state index is -0.0786. The van der Waals surface area contributed by atoms with E-state index in [9.17, 15) is 0 Å². The van der Waals surface area contributed by atoms with E-state index in [1.807, 2.05) is 19.1 Å². The first kappa shape index (κ1) is 12.9. The monoisotopic (exact) mass is 266 g/mol. The zero-order chi connectivity index (χ0) is 13.0. The molecule has 0 bridgehead atoms. The minimum Gasteiger partial charge on any atom is -0.495 e. The molecule has 18 heavy (non-hydrogen) atoms. The normalized spacial score (nSPS) is 12.4. The highest BCUT2D eigenvalue weighted by Crippen LogP contribution is 2.27. The summed E-state index contributed by atoms with van der Waals surface area (Å²) in [5.74, 6) is 1.48. The Labute approximate surface area is 111 Å². The van der Waals surface area contributed by atoms with Crippen LogP contribution in [0.5, 0.6) is 5.75 Å². The Morgan fingerprint density at radius 3 is 2.89 bits per heavy atom. The van der Waals surface area contributed by atoms with Crippen LogP contribution in [-0.2, 0) is 0 Å². The third kappa shape index (κ3) is 2.83. The number of hydrogen-bond acceptors (Lipinski definition) is 4. The number of nitrogens with zero attached hydrogens (tertiary/aromatic N) is 1. The molecule has 0 amide bonds. The summed E-state index contributed by atoms with van der Waals surface area (Å²) >= 11 is 5.82. The molecule has 0 aromatic carbocycles. The lowest BCUT2D eigenvalue weighted by molar-refractivity contribution is 0.409. The van der Waals surface area contributed by atoms with E-state index < -0.39 is 0 Å². The van der Waals surface area contributed by atoms with E-state index in [0.29, 0.717) is 11.0 Å². The average molecular weight is 267 g/mol. The van der Waals surface area contributed by atoms with Crippen LogP contribution in [0.15, 0.2) is 35.0 Å².